The Kier molecular flexibility index (Phi) is 6.53. The minimum atomic E-state index is 0.314. The summed E-state index contributed by atoms with van der Waals surface area (Å²) in [4.78, 5) is 8.59. The minimum Gasteiger partial charge on any atom is -0.491 e. The highest BCUT2D eigenvalue weighted by atomic mass is 16.5. The van der Waals surface area contributed by atoms with Gasteiger partial charge in [0.15, 0.2) is 0 Å². The van der Waals surface area contributed by atoms with Gasteiger partial charge in [-0.3, -0.25) is 0 Å². The van der Waals surface area contributed by atoms with Crippen LogP contribution in [0, 0.1) is 0 Å². The lowest BCUT2D eigenvalue weighted by atomic mass is 10.2. The van der Waals surface area contributed by atoms with E-state index in [9.17, 15) is 0 Å². The molecule has 2 aromatic carbocycles. The summed E-state index contributed by atoms with van der Waals surface area (Å²) < 4.78 is 19.0. The molecule has 10 heteroatoms. The maximum absolute atomic E-state index is 5.84. The molecule has 4 N–H and O–H groups in total. The second-order valence-electron chi connectivity index (χ2n) is 7.90. The Morgan fingerprint density at radius 1 is 0.714 bits per heavy atom. The molecule has 5 aromatic rings. The number of aromatic nitrogens is 5. The van der Waals surface area contributed by atoms with E-state index in [1.165, 1.54) is 0 Å². The number of anilines is 2. The molecule has 0 saturated heterocycles. The summed E-state index contributed by atoms with van der Waals surface area (Å²) in [6.45, 7) is 2.27. The molecule has 3 aromatic heterocycles. The van der Waals surface area contributed by atoms with Crippen LogP contribution < -0.4 is 20.9 Å². The fraction of sp³-hybridized carbons (Fsp3) is 0.200. The molecule has 0 spiro atoms. The first kappa shape index (κ1) is 22.4. The largest absolute Gasteiger partial charge is 0.491 e. The molecule has 0 radical (unpaired) electrons. The van der Waals surface area contributed by atoms with Crippen molar-refractivity contribution in [3.63, 3.8) is 0 Å². The fourth-order valence-electron chi connectivity index (χ4n) is 3.56. The van der Waals surface area contributed by atoms with Gasteiger partial charge in [0.05, 0.1) is 37.0 Å². The smallest absolute Gasteiger partial charge is 0.134 e. The van der Waals surface area contributed by atoms with Crippen LogP contribution in [0.1, 0.15) is 5.69 Å². The lowest BCUT2D eigenvalue weighted by Gasteiger charge is -2.08. The number of rotatable bonds is 10. The number of fused-ring (bicyclic) bond motifs is 2. The van der Waals surface area contributed by atoms with Crippen LogP contribution in [0.25, 0.3) is 21.8 Å². The Hall–Kier alpha value is -4.44. The minimum absolute atomic E-state index is 0.314. The van der Waals surface area contributed by atoms with Gasteiger partial charge in [0.1, 0.15) is 42.0 Å². The molecule has 5 rings (SSSR count). The summed E-state index contributed by atoms with van der Waals surface area (Å²) in [6.07, 6.45) is 1.84. The standard InChI is InChI=1S/C25H25N7O3/c26-24-8-3-18-13-20(5-6-22(18)28-24)35-16-19-15-32(31-30-19)9-10-33-11-12-34-21-4-1-17-2-7-25(27)29-23(17)14-21/h1-8,13-15H,9-12,16H2,(H2,26,28)(H2,27,29). The summed E-state index contributed by atoms with van der Waals surface area (Å²) in [5.41, 5.74) is 13.8. The van der Waals surface area contributed by atoms with Crippen molar-refractivity contribution in [2.24, 2.45) is 0 Å². The molecule has 0 bridgehead atoms. The molecule has 0 unspecified atom stereocenters. The fourth-order valence-corrected chi connectivity index (χ4v) is 3.56. The van der Waals surface area contributed by atoms with Gasteiger partial charge in [-0.05, 0) is 54.6 Å². The Morgan fingerprint density at radius 2 is 1.46 bits per heavy atom. The molecule has 0 atom stereocenters. The maximum Gasteiger partial charge on any atom is 0.134 e. The van der Waals surface area contributed by atoms with Crippen LogP contribution in [-0.2, 0) is 17.9 Å². The van der Waals surface area contributed by atoms with E-state index in [1.807, 2.05) is 54.7 Å². The van der Waals surface area contributed by atoms with E-state index in [1.54, 1.807) is 16.8 Å². The number of ether oxygens (including phenoxy) is 3. The van der Waals surface area contributed by atoms with E-state index in [0.717, 1.165) is 39.0 Å². The second kappa shape index (κ2) is 10.2. The molecule has 178 valence electrons. The molecule has 0 aliphatic carbocycles. The highest BCUT2D eigenvalue weighted by Gasteiger charge is 2.05. The number of hydrogen-bond acceptors (Lipinski definition) is 9. The first-order valence-corrected chi connectivity index (χ1v) is 11.2. The van der Waals surface area contributed by atoms with Crippen molar-refractivity contribution in [3.8, 4) is 11.5 Å². The monoisotopic (exact) mass is 471 g/mol. The van der Waals surface area contributed by atoms with Crippen LogP contribution in [0.3, 0.4) is 0 Å². The third kappa shape index (κ3) is 5.74. The average molecular weight is 472 g/mol. The van der Waals surface area contributed by atoms with Crippen LogP contribution in [0.5, 0.6) is 11.5 Å². The van der Waals surface area contributed by atoms with Crippen molar-refractivity contribution in [2.45, 2.75) is 13.2 Å². The van der Waals surface area contributed by atoms with Crippen LogP contribution in [-0.4, -0.2) is 44.8 Å². The Labute approximate surface area is 201 Å². The quantitative estimate of drug-likeness (QED) is 0.294. The third-order valence-electron chi connectivity index (χ3n) is 5.30. The summed E-state index contributed by atoms with van der Waals surface area (Å²) in [6, 6.07) is 18.8. The van der Waals surface area contributed by atoms with E-state index in [2.05, 4.69) is 20.3 Å². The van der Waals surface area contributed by atoms with Crippen LogP contribution >= 0.6 is 0 Å². The van der Waals surface area contributed by atoms with E-state index in [0.29, 0.717) is 44.6 Å². The molecule has 10 nitrogen and oxygen atoms in total. The van der Waals surface area contributed by atoms with Gasteiger partial charge in [-0.2, -0.15) is 0 Å². The maximum atomic E-state index is 5.84. The number of pyridine rings is 2. The predicted octanol–water partition coefficient (Wildman–Crippen LogP) is 3.21. The van der Waals surface area contributed by atoms with Crippen molar-refractivity contribution in [1.82, 2.24) is 25.0 Å². The van der Waals surface area contributed by atoms with Crippen molar-refractivity contribution < 1.29 is 14.2 Å². The number of nitrogen functional groups attached to an aromatic ring is 2. The lowest BCUT2D eigenvalue weighted by Crippen LogP contribution is -2.11. The molecule has 0 aliphatic rings. The van der Waals surface area contributed by atoms with Gasteiger partial charge in [0.2, 0.25) is 0 Å². The zero-order valence-electron chi connectivity index (χ0n) is 19.0. The third-order valence-corrected chi connectivity index (χ3v) is 5.30. The number of nitrogens with zero attached hydrogens (tertiary/aromatic N) is 5. The van der Waals surface area contributed by atoms with Crippen LogP contribution in [0.15, 0.2) is 66.9 Å². The van der Waals surface area contributed by atoms with Gasteiger partial charge in [-0.1, -0.05) is 5.21 Å². The highest BCUT2D eigenvalue weighted by Crippen LogP contribution is 2.22. The molecule has 0 saturated carbocycles. The first-order chi connectivity index (χ1) is 17.1. The van der Waals surface area contributed by atoms with Crippen molar-refractivity contribution in [1.29, 1.82) is 0 Å². The van der Waals surface area contributed by atoms with Gasteiger partial charge in [0, 0.05) is 16.8 Å². The second-order valence-corrected chi connectivity index (χ2v) is 7.90. The van der Waals surface area contributed by atoms with E-state index >= 15 is 0 Å². The van der Waals surface area contributed by atoms with E-state index < -0.39 is 0 Å². The lowest BCUT2D eigenvalue weighted by molar-refractivity contribution is 0.0924. The average Bonchev–Trinajstić information content (AvgIpc) is 3.32. The summed E-state index contributed by atoms with van der Waals surface area (Å²) in [5, 5.41) is 10.3. The van der Waals surface area contributed by atoms with E-state index in [4.69, 9.17) is 25.7 Å². The highest BCUT2D eigenvalue weighted by molar-refractivity contribution is 5.82. The molecule has 0 aliphatic heterocycles. The number of benzene rings is 2. The Bertz CT molecular complexity index is 1450. The molecule has 0 amide bonds. The predicted molar refractivity (Wildman–Crippen MR) is 133 cm³/mol. The zero-order valence-corrected chi connectivity index (χ0v) is 19.0. The van der Waals surface area contributed by atoms with Crippen LogP contribution in [0.2, 0.25) is 0 Å². The summed E-state index contributed by atoms with van der Waals surface area (Å²) in [7, 11) is 0. The molecule has 3 heterocycles. The molecule has 35 heavy (non-hydrogen) atoms. The Morgan fingerprint density at radius 3 is 2.34 bits per heavy atom. The van der Waals surface area contributed by atoms with Crippen LogP contribution in [0.4, 0.5) is 11.6 Å². The van der Waals surface area contributed by atoms with Gasteiger partial charge < -0.3 is 25.7 Å². The molecular formula is C25H25N7O3. The summed E-state index contributed by atoms with van der Waals surface area (Å²) >= 11 is 0. The number of nitrogens with two attached hydrogens (primary N) is 2. The van der Waals surface area contributed by atoms with Gasteiger partial charge in [-0.15, -0.1) is 5.10 Å². The zero-order chi connectivity index (χ0) is 24.0. The van der Waals surface area contributed by atoms with Crippen molar-refractivity contribution >= 4 is 33.4 Å². The summed E-state index contributed by atoms with van der Waals surface area (Å²) in [5.74, 6) is 2.44. The molecule has 0 fully saturated rings. The van der Waals surface area contributed by atoms with Gasteiger partial charge in [0.25, 0.3) is 0 Å². The van der Waals surface area contributed by atoms with Crippen molar-refractivity contribution in [3.05, 3.63) is 72.6 Å². The van der Waals surface area contributed by atoms with E-state index in [-0.39, 0.29) is 0 Å². The molecular weight excluding hydrogens is 446 g/mol. The van der Waals surface area contributed by atoms with Crippen molar-refractivity contribution in [2.75, 3.05) is 31.3 Å². The Balaban J connectivity index is 1.02. The van der Waals surface area contributed by atoms with Gasteiger partial charge in [-0.25, -0.2) is 14.6 Å². The van der Waals surface area contributed by atoms with Gasteiger partial charge >= 0.3 is 0 Å². The topological polar surface area (TPSA) is 136 Å². The number of hydrogen-bond donors (Lipinski definition) is 2. The SMILES string of the molecule is Nc1ccc2cc(OCc3cn(CCOCCOc4ccc5ccc(N)nc5c4)nn3)ccc2n1. The first-order valence-electron chi connectivity index (χ1n) is 11.2. The normalized spacial score (nSPS) is 11.2.